The molecule has 0 radical (unpaired) electrons. The molecule has 0 saturated carbocycles. The Balaban J connectivity index is 0.00000280. The van der Waals surface area contributed by atoms with Crippen LogP contribution in [0, 0.1) is 19.3 Å². The molecule has 7 heteroatoms. The fourth-order valence-corrected chi connectivity index (χ4v) is 3.82. The van der Waals surface area contributed by atoms with Crippen LogP contribution in [0.3, 0.4) is 0 Å². The highest BCUT2D eigenvalue weighted by molar-refractivity contribution is 5.94. The van der Waals surface area contributed by atoms with Crippen molar-refractivity contribution in [3.63, 3.8) is 0 Å². The highest BCUT2D eigenvalue weighted by Gasteiger charge is 2.32. The van der Waals surface area contributed by atoms with E-state index in [9.17, 15) is 4.79 Å². The average Bonchev–Trinajstić information content (AvgIpc) is 2.98. The minimum absolute atomic E-state index is 0. The lowest BCUT2D eigenvalue weighted by Crippen LogP contribution is -2.47. The number of rotatable bonds is 7. The number of ether oxygens (including phenoxy) is 1. The zero-order valence-electron chi connectivity index (χ0n) is 17.0. The number of halogens is 1. The van der Waals surface area contributed by atoms with Crippen LogP contribution in [0.2, 0.25) is 0 Å². The van der Waals surface area contributed by atoms with E-state index in [1.54, 1.807) is 7.11 Å². The van der Waals surface area contributed by atoms with Crippen LogP contribution in [-0.2, 0) is 11.3 Å². The molecular weight excluding hydrogens is 376 g/mol. The first-order chi connectivity index (χ1) is 13.0. The lowest BCUT2D eigenvalue weighted by Gasteiger charge is -2.37. The Hall–Kier alpha value is -1.89. The van der Waals surface area contributed by atoms with E-state index in [4.69, 9.17) is 4.74 Å². The first kappa shape index (κ1) is 22.4. The molecule has 0 aliphatic carbocycles. The molecule has 1 aromatic heterocycles. The van der Waals surface area contributed by atoms with E-state index in [1.165, 1.54) is 0 Å². The Labute approximate surface area is 173 Å². The van der Waals surface area contributed by atoms with E-state index in [2.05, 4.69) is 21.8 Å². The molecule has 0 spiro atoms. The summed E-state index contributed by atoms with van der Waals surface area (Å²) in [5.41, 5.74) is 3.91. The number of carbonyl (C=O) groups excluding carboxylic acids is 1. The van der Waals surface area contributed by atoms with Crippen LogP contribution < -0.4 is 10.6 Å². The Kier molecular flexibility index (Phi) is 8.04. The molecule has 6 nitrogen and oxygen atoms in total. The van der Waals surface area contributed by atoms with E-state index in [1.807, 2.05) is 42.8 Å². The fourth-order valence-electron chi connectivity index (χ4n) is 3.82. The molecule has 28 heavy (non-hydrogen) atoms. The summed E-state index contributed by atoms with van der Waals surface area (Å²) < 4.78 is 7.40. The third-order valence-corrected chi connectivity index (χ3v) is 5.36. The monoisotopic (exact) mass is 406 g/mol. The normalized spacial score (nSPS) is 15.7. The molecular formula is C21H31ClN4O2. The zero-order chi connectivity index (χ0) is 19.3. The number of aryl methyl sites for hydroxylation is 2. The summed E-state index contributed by atoms with van der Waals surface area (Å²) in [6.45, 7) is 7.96. The predicted molar refractivity (Wildman–Crippen MR) is 113 cm³/mol. The van der Waals surface area contributed by atoms with Crippen molar-refractivity contribution >= 4 is 18.3 Å². The minimum atomic E-state index is -0.0285. The topological polar surface area (TPSA) is 68.2 Å². The van der Waals surface area contributed by atoms with Gasteiger partial charge < -0.3 is 15.4 Å². The number of piperidine rings is 1. The molecule has 2 N–H and O–H groups in total. The number of hydrogen-bond acceptors (Lipinski definition) is 4. The third-order valence-electron chi connectivity index (χ3n) is 5.36. The molecule has 2 aromatic rings. The summed E-state index contributed by atoms with van der Waals surface area (Å²) in [7, 11) is 1.73. The maximum Gasteiger partial charge on any atom is 0.251 e. The largest absolute Gasteiger partial charge is 0.384 e. The van der Waals surface area contributed by atoms with Gasteiger partial charge in [0.15, 0.2) is 0 Å². The van der Waals surface area contributed by atoms with Gasteiger partial charge >= 0.3 is 0 Å². The van der Waals surface area contributed by atoms with E-state index < -0.39 is 0 Å². The van der Waals surface area contributed by atoms with Crippen molar-refractivity contribution in [3.05, 3.63) is 52.8 Å². The van der Waals surface area contributed by atoms with E-state index in [0.717, 1.165) is 42.9 Å². The molecule has 0 bridgehead atoms. The summed E-state index contributed by atoms with van der Waals surface area (Å²) in [6.07, 6.45) is 2.03. The number of nitrogens with one attached hydrogen (secondary N) is 2. The third kappa shape index (κ3) is 5.56. The molecule has 1 aliphatic rings. The smallest absolute Gasteiger partial charge is 0.251 e. The summed E-state index contributed by atoms with van der Waals surface area (Å²) in [6, 6.07) is 9.85. The second-order valence-corrected chi connectivity index (χ2v) is 7.65. The first-order valence-corrected chi connectivity index (χ1v) is 9.59. The van der Waals surface area contributed by atoms with Crippen LogP contribution in [-0.4, -0.2) is 49.0 Å². The number of nitrogens with zero attached hydrogens (tertiary/aromatic N) is 2. The van der Waals surface area contributed by atoms with Crippen LogP contribution in [0.5, 0.6) is 0 Å². The Morgan fingerprint density at radius 2 is 2.04 bits per heavy atom. The predicted octanol–water partition coefficient (Wildman–Crippen LogP) is 2.72. The van der Waals surface area contributed by atoms with Crippen LogP contribution in [0.25, 0.3) is 0 Å². The molecule has 0 atom stereocenters. The van der Waals surface area contributed by atoms with Crippen LogP contribution in [0.1, 0.15) is 40.2 Å². The zero-order valence-corrected chi connectivity index (χ0v) is 17.8. The van der Waals surface area contributed by atoms with E-state index >= 15 is 0 Å². The second kappa shape index (κ2) is 10.0. The molecule has 1 aromatic carbocycles. The van der Waals surface area contributed by atoms with Gasteiger partial charge in [0.2, 0.25) is 0 Å². The van der Waals surface area contributed by atoms with Gasteiger partial charge in [0.1, 0.15) is 0 Å². The molecule has 1 saturated heterocycles. The van der Waals surface area contributed by atoms with Gasteiger partial charge in [-0.05, 0) is 63.5 Å². The first-order valence-electron chi connectivity index (χ1n) is 9.59. The van der Waals surface area contributed by atoms with Gasteiger partial charge in [0, 0.05) is 30.3 Å². The van der Waals surface area contributed by atoms with Gasteiger partial charge in [0.05, 0.1) is 18.8 Å². The minimum Gasteiger partial charge on any atom is -0.384 e. The number of aromatic nitrogens is 2. The van der Waals surface area contributed by atoms with Gasteiger partial charge in [-0.1, -0.05) is 12.1 Å². The second-order valence-electron chi connectivity index (χ2n) is 7.65. The van der Waals surface area contributed by atoms with Gasteiger partial charge in [-0.2, -0.15) is 5.10 Å². The van der Waals surface area contributed by atoms with Crippen LogP contribution in [0.4, 0.5) is 0 Å². The average molecular weight is 407 g/mol. The standard InChI is InChI=1S/C21H30N4O2.ClH/c1-16-11-17(2)25(24-16)13-18-5-4-6-19(12-18)20(26)23-14-21(15-27-3)7-9-22-10-8-21;/h4-6,11-12,22H,7-10,13-15H2,1-3H3,(H,23,26);1H. The summed E-state index contributed by atoms with van der Waals surface area (Å²) in [5, 5.41) is 11.0. The van der Waals surface area contributed by atoms with E-state index in [-0.39, 0.29) is 23.7 Å². The summed E-state index contributed by atoms with van der Waals surface area (Å²) >= 11 is 0. The lowest BCUT2D eigenvalue weighted by atomic mass is 9.79. The van der Waals surface area contributed by atoms with Crippen molar-refractivity contribution in [1.82, 2.24) is 20.4 Å². The van der Waals surface area contributed by atoms with Gasteiger partial charge in [0.25, 0.3) is 5.91 Å². The van der Waals surface area contributed by atoms with Crippen molar-refractivity contribution < 1.29 is 9.53 Å². The number of methoxy groups -OCH3 is 1. The number of hydrogen-bond donors (Lipinski definition) is 2. The molecule has 154 valence electrons. The quantitative estimate of drug-likeness (QED) is 0.741. The van der Waals surface area contributed by atoms with Gasteiger partial charge in [-0.25, -0.2) is 0 Å². The summed E-state index contributed by atoms with van der Waals surface area (Å²) in [5.74, 6) is -0.0285. The Morgan fingerprint density at radius 3 is 2.68 bits per heavy atom. The number of carbonyl (C=O) groups is 1. The van der Waals surface area contributed by atoms with Crippen molar-refractivity contribution in [2.45, 2.75) is 33.2 Å². The molecule has 1 aliphatic heterocycles. The van der Waals surface area contributed by atoms with Crippen LogP contribution >= 0.6 is 12.4 Å². The molecule has 1 amide bonds. The van der Waals surface area contributed by atoms with Gasteiger partial charge in [-0.15, -0.1) is 12.4 Å². The Bertz CT molecular complexity index is 779. The fraction of sp³-hybridized carbons (Fsp3) is 0.524. The van der Waals surface area contributed by atoms with Crippen molar-refractivity contribution in [2.75, 3.05) is 33.4 Å². The lowest BCUT2D eigenvalue weighted by molar-refractivity contribution is 0.0511. The Morgan fingerprint density at radius 1 is 1.29 bits per heavy atom. The van der Waals surface area contributed by atoms with Crippen LogP contribution in [0.15, 0.2) is 30.3 Å². The molecule has 3 rings (SSSR count). The van der Waals surface area contributed by atoms with Crippen molar-refractivity contribution in [3.8, 4) is 0 Å². The maximum absolute atomic E-state index is 12.7. The van der Waals surface area contributed by atoms with Gasteiger partial charge in [-0.3, -0.25) is 9.48 Å². The van der Waals surface area contributed by atoms with Crippen molar-refractivity contribution in [2.24, 2.45) is 5.41 Å². The highest BCUT2D eigenvalue weighted by Crippen LogP contribution is 2.28. The molecule has 0 unspecified atom stereocenters. The number of benzene rings is 1. The van der Waals surface area contributed by atoms with Crippen molar-refractivity contribution in [1.29, 1.82) is 0 Å². The SMILES string of the molecule is COCC1(CNC(=O)c2cccc(Cn3nc(C)cc3C)c2)CCNCC1.Cl. The maximum atomic E-state index is 12.7. The summed E-state index contributed by atoms with van der Waals surface area (Å²) in [4.78, 5) is 12.7. The van der Waals surface area contributed by atoms with E-state index in [0.29, 0.717) is 25.3 Å². The molecule has 1 fully saturated rings. The molecule has 2 heterocycles. The number of amides is 1. The highest BCUT2D eigenvalue weighted by atomic mass is 35.5.